The Balaban J connectivity index is 1.37. The monoisotopic (exact) mass is 510 g/mol. The molecule has 0 atom stereocenters. The molecule has 2 aromatic carbocycles. The number of methoxy groups -OCH3 is 1. The van der Waals surface area contributed by atoms with Crippen molar-refractivity contribution in [2.45, 2.75) is 6.92 Å². The van der Waals surface area contributed by atoms with Gasteiger partial charge in [-0.1, -0.05) is 12.1 Å². The molecule has 0 saturated carbocycles. The van der Waals surface area contributed by atoms with Gasteiger partial charge in [0.1, 0.15) is 28.4 Å². The summed E-state index contributed by atoms with van der Waals surface area (Å²) >= 11 is 0. The van der Waals surface area contributed by atoms with Gasteiger partial charge < -0.3 is 19.4 Å². The fraction of sp³-hybridized carbons (Fsp3) is 0.103. The number of nitrogens with zero attached hydrogens (tertiary/aromatic N) is 3. The van der Waals surface area contributed by atoms with Gasteiger partial charge in [-0.3, -0.25) is 14.6 Å². The van der Waals surface area contributed by atoms with Crippen LogP contribution in [0.4, 0.5) is 10.1 Å². The molecule has 1 N–H and O–H groups in total. The van der Waals surface area contributed by atoms with Crippen molar-refractivity contribution in [1.82, 2.24) is 14.5 Å². The number of carbonyl (C=O) groups excluding carboxylic acids is 1. The highest BCUT2D eigenvalue weighted by atomic mass is 19.1. The minimum absolute atomic E-state index is 0.0255. The molecule has 3 heterocycles. The van der Waals surface area contributed by atoms with Crippen LogP contribution in [0.15, 0.2) is 84.0 Å². The van der Waals surface area contributed by atoms with Crippen molar-refractivity contribution >= 4 is 22.6 Å². The molecular weight excluding hydrogens is 487 g/mol. The zero-order valence-corrected chi connectivity index (χ0v) is 20.9. The molecule has 8 nitrogen and oxygen atoms in total. The van der Waals surface area contributed by atoms with Crippen LogP contribution in [0.1, 0.15) is 16.1 Å². The van der Waals surface area contributed by atoms with E-state index in [0.29, 0.717) is 50.8 Å². The first-order valence-electron chi connectivity index (χ1n) is 11.7. The third-order valence-electron chi connectivity index (χ3n) is 6.15. The number of pyridine rings is 3. The highest BCUT2D eigenvalue weighted by Gasteiger charge is 2.19. The van der Waals surface area contributed by atoms with E-state index in [9.17, 15) is 14.0 Å². The molecule has 0 radical (unpaired) electrons. The molecular formula is C29H23FN4O4. The van der Waals surface area contributed by atoms with E-state index >= 15 is 0 Å². The molecule has 0 aliphatic carbocycles. The second kappa shape index (κ2) is 10.1. The zero-order valence-electron chi connectivity index (χ0n) is 20.9. The van der Waals surface area contributed by atoms with Crippen LogP contribution < -0.4 is 20.2 Å². The summed E-state index contributed by atoms with van der Waals surface area (Å²) in [5.74, 6) is 0.679. The van der Waals surface area contributed by atoms with Crippen LogP contribution in [0, 0.1) is 12.7 Å². The van der Waals surface area contributed by atoms with Crippen LogP contribution in [0.5, 0.6) is 17.2 Å². The van der Waals surface area contributed by atoms with Gasteiger partial charge >= 0.3 is 0 Å². The first kappa shape index (κ1) is 24.6. The SMILES string of the molecule is COc1cnc2c(Oc3ccc(NC(=O)c4cn(C)c(C)c(-c5ccc(F)cc5)c4=O)cc3)ccnc2c1. The third kappa shape index (κ3) is 4.81. The van der Waals surface area contributed by atoms with Crippen molar-refractivity contribution in [2.24, 2.45) is 7.05 Å². The molecule has 3 aromatic heterocycles. The van der Waals surface area contributed by atoms with Crippen molar-refractivity contribution in [3.8, 4) is 28.4 Å². The summed E-state index contributed by atoms with van der Waals surface area (Å²) in [5, 5.41) is 2.76. The molecule has 0 aliphatic heterocycles. The molecule has 0 unspecified atom stereocenters. The van der Waals surface area contributed by atoms with Crippen LogP contribution in [-0.4, -0.2) is 27.6 Å². The van der Waals surface area contributed by atoms with E-state index in [4.69, 9.17) is 9.47 Å². The normalized spacial score (nSPS) is 10.8. The van der Waals surface area contributed by atoms with Gasteiger partial charge in [0.15, 0.2) is 5.75 Å². The number of carbonyl (C=O) groups is 1. The summed E-state index contributed by atoms with van der Waals surface area (Å²) in [6.07, 6.45) is 4.70. The van der Waals surface area contributed by atoms with Crippen LogP contribution in [0.25, 0.3) is 22.2 Å². The second-order valence-electron chi connectivity index (χ2n) is 8.58. The van der Waals surface area contributed by atoms with Crippen LogP contribution >= 0.6 is 0 Å². The molecule has 38 heavy (non-hydrogen) atoms. The average Bonchev–Trinajstić information content (AvgIpc) is 2.92. The molecule has 0 bridgehead atoms. The quantitative estimate of drug-likeness (QED) is 0.324. The molecule has 5 aromatic rings. The number of hydrogen-bond acceptors (Lipinski definition) is 6. The number of halogens is 1. The lowest BCUT2D eigenvalue weighted by Crippen LogP contribution is -2.25. The summed E-state index contributed by atoms with van der Waals surface area (Å²) in [5.41, 5.74) is 2.79. The first-order valence-corrected chi connectivity index (χ1v) is 11.7. The number of amides is 1. The molecule has 0 fully saturated rings. The van der Waals surface area contributed by atoms with Crippen LogP contribution in [0.3, 0.4) is 0 Å². The molecule has 0 saturated heterocycles. The van der Waals surface area contributed by atoms with Crippen LogP contribution in [-0.2, 0) is 7.05 Å². The molecule has 0 spiro atoms. The summed E-state index contributed by atoms with van der Waals surface area (Å²) in [6.45, 7) is 1.78. The maximum atomic E-state index is 13.4. The van der Waals surface area contributed by atoms with Crippen molar-refractivity contribution < 1.29 is 18.7 Å². The highest BCUT2D eigenvalue weighted by Crippen LogP contribution is 2.29. The number of fused-ring (bicyclic) bond motifs is 1. The lowest BCUT2D eigenvalue weighted by molar-refractivity contribution is 0.102. The smallest absolute Gasteiger partial charge is 0.261 e. The van der Waals surface area contributed by atoms with Gasteiger partial charge in [-0.05, 0) is 48.9 Å². The van der Waals surface area contributed by atoms with E-state index in [2.05, 4.69) is 15.3 Å². The maximum Gasteiger partial charge on any atom is 0.261 e. The van der Waals surface area contributed by atoms with Crippen molar-refractivity contribution in [1.29, 1.82) is 0 Å². The van der Waals surface area contributed by atoms with Crippen molar-refractivity contribution in [2.75, 3.05) is 12.4 Å². The van der Waals surface area contributed by atoms with Gasteiger partial charge in [0, 0.05) is 48.5 Å². The van der Waals surface area contributed by atoms with Gasteiger partial charge in [-0.15, -0.1) is 0 Å². The number of rotatable bonds is 6. The van der Waals surface area contributed by atoms with Crippen LogP contribution in [0.2, 0.25) is 0 Å². The lowest BCUT2D eigenvalue weighted by Gasteiger charge is -2.14. The van der Waals surface area contributed by atoms with E-state index in [1.54, 1.807) is 74.4 Å². The van der Waals surface area contributed by atoms with Gasteiger partial charge in [0.2, 0.25) is 5.43 Å². The number of benzene rings is 2. The lowest BCUT2D eigenvalue weighted by atomic mass is 10.0. The Hall–Kier alpha value is -5.05. The standard InChI is InChI=1S/C29H23FN4O4/c1-17-26(18-4-6-19(30)7-5-18)28(35)23(16-34(17)2)29(36)33-20-8-10-21(11-9-20)38-25-12-13-31-24-14-22(37-3)15-32-27(24)25/h4-16H,1-3H3,(H,33,36). The summed E-state index contributed by atoms with van der Waals surface area (Å²) in [4.78, 5) is 35.0. The van der Waals surface area contributed by atoms with E-state index in [1.165, 1.54) is 30.5 Å². The molecule has 1 amide bonds. The molecule has 5 rings (SSSR count). The number of nitrogens with one attached hydrogen (secondary N) is 1. The van der Waals surface area contributed by atoms with E-state index < -0.39 is 17.2 Å². The fourth-order valence-electron chi connectivity index (χ4n) is 4.06. The minimum atomic E-state index is -0.555. The summed E-state index contributed by atoms with van der Waals surface area (Å²) in [6, 6.07) is 15.8. The van der Waals surface area contributed by atoms with E-state index in [-0.39, 0.29) is 5.56 Å². The Morgan fingerprint density at radius 2 is 1.74 bits per heavy atom. The number of aryl methyl sites for hydroxylation is 1. The predicted molar refractivity (Wildman–Crippen MR) is 142 cm³/mol. The second-order valence-corrected chi connectivity index (χ2v) is 8.58. The molecule has 190 valence electrons. The largest absolute Gasteiger partial charge is 0.495 e. The Morgan fingerprint density at radius 3 is 2.45 bits per heavy atom. The van der Waals surface area contributed by atoms with Gasteiger partial charge in [0.05, 0.1) is 18.8 Å². The summed E-state index contributed by atoms with van der Waals surface area (Å²) < 4.78 is 26.3. The topological polar surface area (TPSA) is 95.3 Å². The van der Waals surface area contributed by atoms with Crippen molar-refractivity contribution in [3.63, 3.8) is 0 Å². The van der Waals surface area contributed by atoms with Crippen molar-refractivity contribution in [3.05, 3.63) is 107 Å². The maximum absolute atomic E-state index is 13.4. The minimum Gasteiger partial charge on any atom is -0.495 e. The van der Waals surface area contributed by atoms with Gasteiger partial charge in [-0.2, -0.15) is 0 Å². The first-order chi connectivity index (χ1) is 18.3. The number of ether oxygens (including phenoxy) is 2. The number of aromatic nitrogens is 3. The molecule has 9 heteroatoms. The summed E-state index contributed by atoms with van der Waals surface area (Å²) in [7, 11) is 3.31. The number of anilines is 1. The van der Waals surface area contributed by atoms with E-state index in [0.717, 1.165) is 0 Å². The fourth-order valence-corrected chi connectivity index (χ4v) is 4.06. The zero-order chi connectivity index (χ0) is 26.8. The third-order valence-corrected chi connectivity index (χ3v) is 6.15. The Labute approximate surface area is 217 Å². The average molecular weight is 511 g/mol. The van der Waals surface area contributed by atoms with E-state index in [1.807, 2.05) is 0 Å². The van der Waals surface area contributed by atoms with Gasteiger partial charge in [0.25, 0.3) is 5.91 Å². The molecule has 0 aliphatic rings. The Morgan fingerprint density at radius 1 is 1.00 bits per heavy atom. The predicted octanol–water partition coefficient (Wildman–Crippen LogP) is 5.50. The Bertz CT molecular complexity index is 1710. The Kier molecular flexibility index (Phi) is 6.57. The number of hydrogen-bond donors (Lipinski definition) is 1. The van der Waals surface area contributed by atoms with Gasteiger partial charge in [-0.25, -0.2) is 9.37 Å². The highest BCUT2D eigenvalue weighted by molar-refractivity contribution is 6.04.